The zero-order valence-corrected chi connectivity index (χ0v) is 7.15. The van der Waals surface area contributed by atoms with Crippen molar-refractivity contribution in [3.63, 3.8) is 0 Å². The first kappa shape index (κ1) is 7.32. The summed E-state index contributed by atoms with van der Waals surface area (Å²) in [6.07, 6.45) is 1.53. The maximum absolute atomic E-state index is 11.2. The van der Waals surface area contributed by atoms with Crippen molar-refractivity contribution in [2.45, 2.75) is 0 Å². The Kier molecular flexibility index (Phi) is 1.28. The van der Waals surface area contributed by atoms with Crippen LogP contribution in [0.3, 0.4) is 0 Å². The number of aromatic nitrogens is 2. The highest BCUT2D eigenvalue weighted by Crippen LogP contribution is 2.18. The molecule has 1 N–H and O–H groups in total. The molecule has 0 aliphatic rings. The molecule has 68 valence electrons. The lowest BCUT2D eigenvalue weighted by atomic mass is 10.2. The van der Waals surface area contributed by atoms with E-state index in [-0.39, 0.29) is 5.63 Å². The fourth-order valence-corrected chi connectivity index (χ4v) is 1.56. The summed E-state index contributed by atoms with van der Waals surface area (Å²) in [5, 5.41) is 3.99. The molecular weight excluding hydrogens is 180 g/mol. The first-order valence-corrected chi connectivity index (χ1v) is 4.21. The van der Waals surface area contributed by atoms with Gasteiger partial charge in [-0.25, -0.2) is 9.95 Å². The standard InChI is InChI=1S/C10H6N2O2/c13-10-7-5-11-8-4-2-1-3-6(8)9(7)12-14-10/h1-5,12H. The largest absolute Gasteiger partial charge is 0.366 e. The Morgan fingerprint density at radius 2 is 2.07 bits per heavy atom. The third kappa shape index (κ3) is 0.821. The molecule has 1 aromatic carbocycles. The van der Waals surface area contributed by atoms with Gasteiger partial charge in [0.05, 0.1) is 11.0 Å². The molecule has 0 unspecified atom stereocenters. The van der Waals surface area contributed by atoms with E-state index < -0.39 is 0 Å². The maximum atomic E-state index is 11.2. The van der Waals surface area contributed by atoms with Crippen molar-refractivity contribution in [1.29, 1.82) is 0 Å². The van der Waals surface area contributed by atoms with Gasteiger partial charge in [-0.15, -0.1) is 0 Å². The van der Waals surface area contributed by atoms with E-state index >= 15 is 0 Å². The van der Waals surface area contributed by atoms with E-state index in [1.165, 1.54) is 6.20 Å². The number of hydrogen-bond donors (Lipinski definition) is 1. The van der Waals surface area contributed by atoms with Crippen LogP contribution < -0.4 is 5.63 Å². The third-order valence-corrected chi connectivity index (χ3v) is 2.24. The van der Waals surface area contributed by atoms with Crippen LogP contribution in [0.15, 0.2) is 39.8 Å². The molecule has 0 fully saturated rings. The average Bonchev–Trinajstić information content (AvgIpc) is 2.61. The average molecular weight is 186 g/mol. The summed E-state index contributed by atoms with van der Waals surface area (Å²) in [5.41, 5.74) is 1.18. The summed E-state index contributed by atoms with van der Waals surface area (Å²) in [6.45, 7) is 0. The minimum atomic E-state index is -0.377. The summed E-state index contributed by atoms with van der Waals surface area (Å²) in [7, 11) is 0. The quantitative estimate of drug-likeness (QED) is 0.581. The Bertz CT molecular complexity index is 666. The van der Waals surface area contributed by atoms with Crippen LogP contribution in [-0.4, -0.2) is 10.1 Å². The number of hydrogen-bond acceptors (Lipinski definition) is 3. The zero-order valence-electron chi connectivity index (χ0n) is 7.15. The van der Waals surface area contributed by atoms with Gasteiger partial charge in [0.15, 0.2) is 0 Å². The molecule has 3 rings (SSSR count). The molecular formula is C10H6N2O2. The molecule has 0 radical (unpaired) electrons. The first-order chi connectivity index (χ1) is 6.86. The Balaban J connectivity index is 2.68. The normalized spacial score (nSPS) is 11.1. The van der Waals surface area contributed by atoms with Crippen molar-refractivity contribution in [1.82, 2.24) is 10.1 Å². The highest BCUT2D eigenvalue weighted by atomic mass is 16.5. The number of benzene rings is 1. The van der Waals surface area contributed by atoms with E-state index in [1.807, 2.05) is 24.3 Å². The van der Waals surface area contributed by atoms with E-state index in [9.17, 15) is 4.79 Å². The molecule has 0 aliphatic carbocycles. The molecule has 0 saturated heterocycles. The molecule has 2 aromatic heterocycles. The molecule has 0 amide bonds. The van der Waals surface area contributed by atoms with Crippen molar-refractivity contribution in [3.05, 3.63) is 40.9 Å². The van der Waals surface area contributed by atoms with Gasteiger partial charge < -0.3 is 4.52 Å². The van der Waals surface area contributed by atoms with Gasteiger partial charge in [-0.05, 0) is 6.07 Å². The predicted octanol–water partition coefficient (Wildman–Crippen LogP) is 1.67. The molecule has 0 spiro atoms. The predicted molar refractivity (Wildman–Crippen MR) is 52.1 cm³/mol. The van der Waals surface area contributed by atoms with Gasteiger partial charge in [0.1, 0.15) is 5.39 Å². The summed E-state index contributed by atoms with van der Waals surface area (Å²) in [6, 6.07) is 7.59. The fourth-order valence-electron chi connectivity index (χ4n) is 1.56. The van der Waals surface area contributed by atoms with E-state index in [2.05, 4.69) is 10.1 Å². The minimum absolute atomic E-state index is 0.377. The maximum Gasteiger partial charge on any atom is 0.366 e. The third-order valence-electron chi connectivity index (χ3n) is 2.24. The summed E-state index contributed by atoms with van der Waals surface area (Å²) < 4.78 is 4.70. The van der Waals surface area contributed by atoms with Gasteiger partial charge >= 0.3 is 5.63 Å². The summed E-state index contributed by atoms with van der Waals surface area (Å²) in [4.78, 5) is 15.3. The fraction of sp³-hybridized carbons (Fsp3) is 0. The topological polar surface area (TPSA) is 58.9 Å². The highest BCUT2D eigenvalue weighted by Gasteiger charge is 2.06. The van der Waals surface area contributed by atoms with Crippen LogP contribution in [-0.2, 0) is 0 Å². The number of H-pyrrole nitrogens is 1. The van der Waals surface area contributed by atoms with Crippen molar-refractivity contribution in [2.75, 3.05) is 0 Å². The van der Waals surface area contributed by atoms with E-state index in [0.717, 1.165) is 10.9 Å². The van der Waals surface area contributed by atoms with Gasteiger partial charge in [0.25, 0.3) is 0 Å². The van der Waals surface area contributed by atoms with Crippen LogP contribution in [0.5, 0.6) is 0 Å². The Labute approximate surface area is 78.1 Å². The second kappa shape index (κ2) is 2.45. The Hall–Kier alpha value is -2.10. The molecule has 4 nitrogen and oxygen atoms in total. The van der Waals surface area contributed by atoms with Crippen LogP contribution in [0, 0.1) is 0 Å². The van der Waals surface area contributed by atoms with Gasteiger partial charge in [-0.1, -0.05) is 18.2 Å². The van der Waals surface area contributed by atoms with Crippen molar-refractivity contribution in [3.8, 4) is 0 Å². The van der Waals surface area contributed by atoms with E-state index in [0.29, 0.717) is 10.9 Å². The lowest BCUT2D eigenvalue weighted by Crippen LogP contribution is -1.91. The number of rotatable bonds is 0. The number of nitrogens with one attached hydrogen (secondary N) is 1. The summed E-state index contributed by atoms with van der Waals surface area (Å²) in [5.74, 6) is 0. The van der Waals surface area contributed by atoms with Gasteiger partial charge in [-0.3, -0.25) is 4.98 Å². The van der Waals surface area contributed by atoms with Crippen molar-refractivity contribution < 1.29 is 4.52 Å². The molecule has 0 saturated carbocycles. The van der Waals surface area contributed by atoms with Crippen LogP contribution in [0.4, 0.5) is 0 Å². The number of para-hydroxylation sites is 1. The van der Waals surface area contributed by atoms with Crippen LogP contribution in [0.1, 0.15) is 0 Å². The highest BCUT2D eigenvalue weighted by molar-refractivity contribution is 6.02. The zero-order chi connectivity index (χ0) is 9.54. The van der Waals surface area contributed by atoms with Crippen LogP contribution >= 0.6 is 0 Å². The molecule has 0 atom stereocenters. The Morgan fingerprint density at radius 3 is 3.00 bits per heavy atom. The molecule has 2 heterocycles. The molecule has 0 bridgehead atoms. The van der Waals surface area contributed by atoms with E-state index in [1.54, 1.807) is 0 Å². The number of fused-ring (bicyclic) bond motifs is 3. The monoisotopic (exact) mass is 186 g/mol. The minimum Gasteiger partial charge on any atom is -0.338 e. The molecule has 14 heavy (non-hydrogen) atoms. The second-order valence-electron chi connectivity index (χ2n) is 3.06. The molecule has 3 aromatic rings. The molecule has 4 heteroatoms. The lowest BCUT2D eigenvalue weighted by Gasteiger charge is -1.94. The smallest absolute Gasteiger partial charge is 0.338 e. The molecule has 0 aliphatic heterocycles. The summed E-state index contributed by atoms with van der Waals surface area (Å²) >= 11 is 0. The SMILES string of the molecule is O=c1o[nH]c2c1cnc1ccccc12. The number of nitrogens with zero attached hydrogens (tertiary/aromatic N) is 1. The lowest BCUT2D eigenvalue weighted by molar-refractivity contribution is 0.400. The van der Waals surface area contributed by atoms with E-state index in [4.69, 9.17) is 4.52 Å². The van der Waals surface area contributed by atoms with Crippen molar-refractivity contribution >= 4 is 21.8 Å². The Morgan fingerprint density at radius 1 is 1.21 bits per heavy atom. The number of aromatic amines is 1. The first-order valence-electron chi connectivity index (χ1n) is 4.21. The second-order valence-corrected chi connectivity index (χ2v) is 3.06. The van der Waals surface area contributed by atoms with Crippen LogP contribution in [0.2, 0.25) is 0 Å². The van der Waals surface area contributed by atoms with Gasteiger partial charge in [0.2, 0.25) is 0 Å². The van der Waals surface area contributed by atoms with Gasteiger partial charge in [-0.2, -0.15) is 0 Å². The van der Waals surface area contributed by atoms with Gasteiger partial charge in [0, 0.05) is 11.6 Å². The van der Waals surface area contributed by atoms with Crippen LogP contribution in [0.25, 0.3) is 21.8 Å². The number of pyridine rings is 1. The van der Waals surface area contributed by atoms with Crippen molar-refractivity contribution in [2.24, 2.45) is 0 Å².